The van der Waals surface area contributed by atoms with Gasteiger partial charge in [-0.15, -0.1) is 0 Å². The van der Waals surface area contributed by atoms with Gasteiger partial charge in [0.2, 0.25) is 0 Å². The van der Waals surface area contributed by atoms with E-state index in [1.54, 1.807) is 36.4 Å². The molecule has 7 nitrogen and oxygen atoms in total. The third kappa shape index (κ3) is 4.30. The Morgan fingerprint density at radius 1 is 0.833 bits per heavy atom. The largest absolute Gasteiger partial charge is 0.484 e. The van der Waals surface area contributed by atoms with Crippen LogP contribution in [0.2, 0.25) is 0 Å². The maximum Gasteiger partial charge on any atom is 0.262 e. The second-order valence-corrected chi connectivity index (χ2v) is 6.77. The SMILES string of the molecule is Cc1ccc(OCC(=O)Nc2ccc(Oc3ccc4c(c3)C(=O)NC4=O)cc2)cc1. The predicted octanol–water partition coefficient (Wildman–Crippen LogP) is 3.69. The topological polar surface area (TPSA) is 93.7 Å². The number of amides is 3. The van der Waals surface area contributed by atoms with Gasteiger partial charge in [0.15, 0.2) is 6.61 Å². The molecule has 3 aromatic carbocycles. The number of anilines is 1. The molecule has 0 bridgehead atoms. The zero-order valence-electron chi connectivity index (χ0n) is 16.1. The minimum atomic E-state index is -0.439. The highest BCUT2D eigenvalue weighted by atomic mass is 16.5. The molecule has 1 aliphatic rings. The number of ether oxygens (including phenoxy) is 2. The van der Waals surface area contributed by atoms with Crippen LogP contribution in [0.5, 0.6) is 17.2 Å². The van der Waals surface area contributed by atoms with E-state index >= 15 is 0 Å². The van der Waals surface area contributed by atoms with Crippen LogP contribution >= 0.6 is 0 Å². The van der Waals surface area contributed by atoms with E-state index in [1.807, 2.05) is 31.2 Å². The van der Waals surface area contributed by atoms with E-state index in [0.717, 1.165) is 5.56 Å². The van der Waals surface area contributed by atoms with Gasteiger partial charge in [0.25, 0.3) is 17.7 Å². The van der Waals surface area contributed by atoms with Crippen molar-refractivity contribution in [1.29, 1.82) is 0 Å². The number of rotatable bonds is 6. The highest BCUT2D eigenvalue weighted by Crippen LogP contribution is 2.27. The standard InChI is InChI=1S/C23H18N2O5/c1-14-2-6-16(7-3-14)29-13-21(26)24-15-4-8-17(9-5-15)30-18-10-11-19-20(12-18)23(28)25-22(19)27/h2-12H,13H2,1H3,(H,24,26)(H,25,27,28). The normalized spacial score (nSPS) is 12.2. The molecule has 3 amide bonds. The Kier molecular flexibility index (Phi) is 5.17. The van der Waals surface area contributed by atoms with Crippen LogP contribution in [-0.4, -0.2) is 24.3 Å². The smallest absolute Gasteiger partial charge is 0.262 e. The molecule has 0 aliphatic carbocycles. The van der Waals surface area contributed by atoms with Crippen LogP contribution in [0.4, 0.5) is 5.69 Å². The molecule has 4 rings (SSSR count). The van der Waals surface area contributed by atoms with Crippen molar-refractivity contribution in [3.05, 3.63) is 83.4 Å². The summed E-state index contributed by atoms with van der Waals surface area (Å²) in [5, 5.41) is 4.99. The Balaban J connectivity index is 1.33. The van der Waals surface area contributed by atoms with Gasteiger partial charge in [-0.3, -0.25) is 19.7 Å². The second-order valence-electron chi connectivity index (χ2n) is 6.77. The first-order chi connectivity index (χ1) is 14.5. The first kappa shape index (κ1) is 19.2. The molecule has 0 saturated carbocycles. The molecular weight excluding hydrogens is 384 g/mol. The molecule has 0 atom stereocenters. The highest BCUT2D eigenvalue weighted by Gasteiger charge is 2.26. The van der Waals surface area contributed by atoms with Crippen molar-refractivity contribution in [2.24, 2.45) is 0 Å². The summed E-state index contributed by atoms with van der Waals surface area (Å²) in [6, 6.07) is 18.9. The third-order valence-corrected chi connectivity index (χ3v) is 4.47. The average Bonchev–Trinajstić information content (AvgIpc) is 3.02. The lowest BCUT2D eigenvalue weighted by molar-refractivity contribution is -0.118. The molecule has 1 aliphatic heterocycles. The first-order valence-corrected chi connectivity index (χ1v) is 9.25. The molecule has 2 N–H and O–H groups in total. The Labute approximate surface area is 172 Å². The van der Waals surface area contributed by atoms with Crippen LogP contribution in [0.15, 0.2) is 66.7 Å². The van der Waals surface area contributed by atoms with Crippen LogP contribution in [0, 0.1) is 6.92 Å². The number of fused-ring (bicyclic) bond motifs is 1. The minimum absolute atomic E-state index is 0.1000. The molecule has 30 heavy (non-hydrogen) atoms. The Morgan fingerprint density at radius 2 is 1.47 bits per heavy atom. The number of hydrogen-bond donors (Lipinski definition) is 2. The molecule has 0 spiro atoms. The second kappa shape index (κ2) is 8.08. The van der Waals surface area contributed by atoms with Crippen molar-refractivity contribution in [3.8, 4) is 17.2 Å². The van der Waals surface area contributed by atoms with Crippen molar-refractivity contribution < 1.29 is 23.9 Å². The fourth-order valence-corrected chi connectivity index (χ4v) is 2.93. The molecule has 0 aromatic heterocycles. The quantitative estimate of drug-likeness (QED) is 0.614. The maximum absolute atomic E-state index is 12.1. The van der Waals surface area contributed by atoms with Crippen molar-refractivity contribution in [3.63, 3.8) is 0 Å². The van der Waals surface area contributed by atoms with Gasteiger partial charge in [-0.2, -0.15) is 0 Å². The highest BCUT2D eigenvalue weighted by molar-refractivity contribution is 6.21. The number of aryl methyl sites for hydroxylation is 1. The summed E-state index contributed by atoms with van der Waals surface area (Å²) in [6.07, 6.45) is 0. The van der Waals surface area contributed by atoms with Crippen molar-refractivity contribution in [1.82, 2.24) is 5.32 Å². The number of carbonyl (C=O) groups excluding carboxylic acids is 3. The van der Waals surface area contributed by atoms with E-state index in [9.17, 15) is 14.4 Å². The number of hydrogen-bond acceptors (Lipinski definition) is 5. The van der Waals surface area contributed by atoms with Crippen molar-refractivity contribution in [2.45, 2.75) is 6.92 Å². The van der Waals surface area contributed by atoms with Gasteiger partial charge in [0, 0.05) is 5.69 Å². The molecule has 7 heteroatoms. The van der Waals surface area contributed by atoms with Crippen molar-refractivity contribution in [2.75, 3.05) is 11.9 Å². The Morgan fingerprint density at radius 3 is 2.20 bits per heavy atom. The first-order valence-electron chi connectivity index (χ1n) is 9.25. The van der Waals surface area contributed by atoms with Gasteiger partial charge in [-0.05, 0) is 61.5 Å². The fourth-order valence-electron chi connectivity index (χ4n) is 2.93. The van der Waals surface area contributed by atoms with E-state index in [0.29, 0.717) is 28.5 Å². The van der Waals surface area contributed by atoms with E-state index in [1.165, 1.54) is 6.07 Å². The van der Waals surface area contributed by atoms with Gasteiger partial charge >= 0.3 is 0 Å². The number of carbonyl (C=O) groups is 3. The summed E-state index contributed by atoms with van der Waals surface area (Å²) < 4.78 is 11.2. The van der Waals surface area contributed by atoms with Crippen LogP contribution < -0.4 is 20.1 Å². The van der Waals surface area contributed by atoms with Crippen molar-refractivity contribution >= 4 is 23.4 Å². The van der Waals surface area contributed by atoms with E-state index in [4.69, 9.17) is 9.47 Å². The summed E-state index contributed by atoms with van der Waals surface area (Å²) in [7, 11) is 0. The molecule has 0 unspecified atom stereocenters. The van der Waals surface area contributed by atoms with E-state index in [2.05, 4.69) is 10.6 Å². The Hall–Kier alpha value is -4.13. The number of benzene rings is 3. The molecule has 0 radical (unpaired) electrons. The third-order valence-electron chi connectivity index (χ3n) is 4.47. The van der Waals surface area contributed by atoms with E-state index < -0.39 is 11.8 Å². The van der Waals surface area contributed by atoms with Crippen LogP contribution in [0.25, 0.3) is 0 Å². The van der Waals surface area contributed by atoms with Gasteiger partial charge in [-0.25, -0.2) is 0 Å². The van der Waals surface area contributed by atoms with Gasteiger partial charge in [-0.1, -0.05) is 17.7 Å². The summed E-state index contributed by atoms with van der Waals surface area (Å²) in [5.74, 6) is 0.456. The molecule has 3 aromatic rings. The molecule has 150 valence electrons. The predicted molar refractivity (Wildman–Crippen MR) is 110 cm³/mol. The average molecular weight is 402 g/mol. The van der Waals surface area contributed by atoms with Gasteiger partial charge < -0.3 is 14.8 Å². The molecule has 0 saturated heterocycles. The fraction of sp³-hybridized carbons (Fsp3) is 0.0870. The molecule has 1 heterocycles. The van der Waals surface area contributed by atoms with Gasteiger partial charge in [0.1, 0.15) is 17.2 Å². The zero-order valence-corrected chi connectivity index (χ0v) is 16.1. The number of nitrogens with one attached hydrogen (secondary N) is 2. The summed E-state index contributed by atoms with van der Waals surface area (Å²) in [4.78, 5) is 35.4. The number of imide groups is 1. The Bertz CT molecular complexity index is 1120. The lowest BCUT2D eigenvalue weighted by Gasteiger charge is -2.09. The van der Waals surface area contributed by atoms with Crippen LogP contribution in [0.3, 0.4) is 0 Å². The summed E-state index contributed by atoms with van der Waals surface area (Å²) in [6.45, 7) is 1.88. The summed E-state index contributed by atoms with van der Waals surface area (Å²) >= 11 is 0. The molecular formula is C23H18N2O5. The maximum atomic E-state index is 12.1. The lowest BCUT2D eigenvalue weighted by Crippen LogP contribution is -2.20. The van der Waals surface area contributed by atoms with Gasteiger partial charge in [0.05, 0.1) is 11.1 Å². The summed E-state index contributed by atoms with van der Waals surface area (Å²) in [5.41, 5.74) is 2.33. The zero-order chi connectivity index (χ0) is 21.1. The monoisotopic (exact) mass is 402 g/mol. The van der Waals surface area contributed by atoms with Crippen LogP contribution in [-0.2, 0) is 4.79 Å². The lowest BCUT2D eigenvalue weighted by atomic mass is 10.1. The molecule has 0 fully saturated rings. The van der Waals surface area contributed by atoms with Crippen LogP contribution in [0.1, 0.15) is 26.3 Å². The minimum Gasteiger partial charge on any atom is -0.484 e. The van der Waals surface area contributed by atoms with E-state index in [-0.39, 0.29) is 18.1 Å².